The van der Waals surface area contributed by atoms with Crippen LogP contribution in [0, 0.1) is 18.8 Å². The second-order valence-corrected chi connectivity index (χ2v) is 7.11. The zero-order chi connectivity index (χ0) is 16.5. The number of morpholine rings is 1. The monoisotopic (exact) mass is 334 g/mol. The molecular weight excluding hydrogens is 308 g/mol. The summed E-state index contributed by atoms with van der Waals surface area (Å²) in [6.07, 6.45) is 1.17. The Kier molecular flexibility index (Phi) is 4.61. The Balaban J connectivity index is 1.47. The molecule has 3 saturated heterocycles. The second-order valence-electron chi connectivity index (χ2n) is 7.11. The molecule has 1 aromatic heterocycles. The smallest absolute Gasteiger partial charge is 0.227 e. The highest BCUT2D eigenvalue weighted by atomic mass is 16.5. The molecule has 1 amide bonds. The van der Waals surface area contributed by atoms with Crippen LogP contribution in [0.15, 0.2) is 16.5 Å². The Bertz CT molecular complexity index is 581. The minimum absolute atomic E-state index is 0.0282. The summed E-state index contributed by atoms with van der Waals surface area (Å²) >= 11 is 0. The predicted octanol–water partition coefficient (Wildman–Crippen LogP) is 1.28. The molecule has 24 heavy (non-hydrogen) atoms. The molecular formula is C18H26N2O4. The second kappa shape index (κ2) is 6.86. The first-order valence-electron chi connectivity index (χ1n) is 8.96. The summed E-state index contributed by atoms with van der Waals surface area (Å²) in [5, 5.41) is 0. The van der Waals surface area contributed by atoms with Gasteiger partial charge in [0.15, 0.2) is 0 Å². The van der Waals surface area contributed by atoms with Gasteiger partial charge in [0.2, 0.25) is 5.91 Å². The number of nitrogens with zero attached hydrogens (tertiary/aromatic N) is 2. The lowest BCUT2D eigenvalue weighted by molar-refractivity contribution is -0.146. The lowest BCUT2D eigenvalue weighted by atomic mass is 9.81. The highest BCUT2D eigenvalue weighted by molar-refractivity contribution is 5.79. The molecule has 132 valence electrons. The van der Waals surface area contributed by atoms with E-state index in [2.05, 4.69) is 4.90 Å². The van der Waals surface area contributed by atoms with Crippen molar-refractivity contribution < 1.29 is 18.7 Å². The quantitative estimate of drug-likeness (QED) is 0.834. The molecule has 0 aromatic carbocycles. The van der Waals surface area contributed by atoms with E-state index in [1.54, 1.807) is 0 Å². The van der Waals surface area contributed by atoms with Crippen LogP contribution in [0.5, 0.6) is 0 Å². The van der Waals surface area contributed by atoms with E-state index in [1.165, 1.54) is 0 Å². The van der Waals surface area contributed by atoms with Crippen molar-refractivity contribution in [3.8, 4) is 0 Å². The van der Waals surface area contributed by atoms with Gasteiger partial charge in [0, 0.05) is 38.7 Å². The van der Waals surface area contributed by atoms with Crippen LogP contribution in [0.2, 0.25) is 0 Å². The van der Waals surface area contributed by atoms with Crippen LogP contribution >= 0.6 is 0 Å². The molecule has 0 unspecified atom stereocenters. The van der Waals surface area contributed by atoms with Gasteiger partial charge in [-0.15, -0.1) is 0 Å². The molecule has 3 fully saturated rings. The van der Waals surface area contributed by atoms with Gasteiger partial charge < -0.3 is 18.8 Å². The van der Waals surface area contributed by atoms with E-state index in [0.29, 0.717) is 32.2 Å². The summed E-state index contributed by atoms with van der Waals surface area (Å²) < 4.78 is 17.0. The molecule has 4 rings (SSSR count). The number of fused-ring (bicyclic) bond motifs is 1. The van der Waals surface area contributed by atoms with E-state index in [9.17, 15) is 4.79 Å². The summed E-state index contributed by atoms with van der Waals surface area (Å²) in [6, 6.07) is 4.01. The van der Waals surface area contributed by atoms with Crippen molar-refractivity contribution >= 4 is 5.91 Å². The van der Waals surface area contributed by atoms with E-state index >= 15 is 0 Å². The van der Waals surface area contributed by atoms with E-state index < -0.39 is 0 Å². The van der Waals surface area contributed by atoms with Crippen molar-refractivity contribution in [1.82, 2.24) is 9.80 Å². The number of aryl methyl sites for hydroxylation is 1. The van der Waals surface area contributed by atoms with Crippen LogP contribution in [0.25, 0.3) is 0 Å². The van der Waals surface area contributed by atoms with Crippen molar-refractivity contribution in [3.63, 3.8) is 0 Å². The van der Waals surface area contributed by atoms with Gasteiger partial charge in [-0.1, -0.05) is 0 Å². The average molecular weight is 334 g/mol. The number of amides is 1. The Morgan fingerprint density at radius 3 is 2.79 bits per heavy atom. The number of carbonyl (C=O) groups is 1. The maximum absolute atomic E-state index is 13.1. The predicted molar refractivity (Wildman–Crippen MR) is 87.5 cm³/mol. The number of hydrogen-bond donors (Lipinski definition) is 0. The molecule has 0 aliphatic carbocycles. The number of piperidine rings is 1. The third-order valence-corrected chi connectivity index (χ3v) is 5.49. The summed E-state index contributed by atoms with van der Waals surface area (Å²) in [6.45, 7) is 7.88. The maximum Gasteiger partial charge on any atom is 0.227 e. The highest BCUT2D eigenvalue weighted by Gasteiger charge is 2.45. The molecule has 3 aliphatic heterocycles. The fourth-order valence-electron chi connectivity index (χ4n) is 4.26. The topological polar surface area (TPSA) is 55.2 Å². The number of rotatable bonds is 3. The summed E-state index contributed by atoms with van der Waals surface area (Å²) in [7, 11) is 0. The van der Waals surface area contributed by atoms with Crippen LogP contribution in [-0.4, -0.2) is 67.8 Å². The lowest BCUT2D eigenvalue weighted by Crippen LogP contribution is -2.54. The number of carbonyl (C=O) groups excluding carboxylic acids is 1. The largest absolute Gasteiger partial charge is 0.465 e. The Labute approximate surface area is 142 Å². The first-order valence-corrected chi connectivity index (χ1v) is 8.96. The van der Waals surface area contributed by atoms with Gasteiger partial charge >= 0.3 is 0 Å². The van der Waals surface area contributed by atoms with Crippen LogP contribution < -0.4 is 0 Å². The molecule has 6 nitrogen and oxygen atoms in total. The van der Waals surface area contributed by atoms with Crippen molar-refractivity contribution in [3.05, 3.63) is 23.7 Å². The van der Waals surface area contributed by atoms with Gasteiger partial charge in [-0.05, 0) is 25.5 Å². The lowest BCUT2D eigenvalue weighted by Gasteiger charge is -2.41. The molecule has 6 heteroatoms. The first-order chi connectivity index (χ1) is 11.7. The van der Waals surface area contributed by atoms with Gasteiger partial charge in [0.25, 0.3) is 0 Å². The average Bonchev–Trinajstić information content (AvgIpc) is 3.23. The standard InChI is InChI=1S/C18H26N2O4/c1-13-2-3-14(24-13)10-19-11-16(15-4-7-23-17(15)12-19)18(21)20-5-8-22-9-6-20/h2-3,15-17H,4-12H2,1H3/t15-,16-,17+/m1/s1. The highest BCUT2D eigenvalue weighted by Crippen LogP contribution is 2.35. The van der Waals surface area contributed by atoms with Crippen molar-refractivity contribution in [2.75, 3.05) is 46.0 Å². The summed E-state index contributed by atoms with van der Waals surface area (Å²) in [5.41, 5.74) is 0. The minimum Gasteiger partial charge on any atom is -0.465 e. The van der Waals surface area contributed by atoms with Crippen molar-refractivity contribution in [2.24, 2.45) is 11.8 Å². The molecule has 1 aromatic rings. The molecule has 3 atom stereocenters. The van der Waals surface area contributed by atoms with E-state index in [-0.39, 0.29) is 17.9 Å². The molecule has 0 radical (unpaired) electrons. The number of hydrogen-bond acceptors (Lipinski definition) is 5. The maximum atomic E-state index is 13.1. The van der Waals surface area contributed by atoms with Crippen LogP contribution in [0.4, 0.5) is 0 Å². The molecule has 0 spiro atoms. The van der Waals surface area contributed by atoms with Gasteiger partial charge in [-0.3, -0.25) is 9.69 Å². The zero-order valence-electron chi connectivity index (χ0n) is 14.3. The van der Waals surface area contributed by atoms with E-state index in [0.717, 1.165) is 44.2 Å². The fraction of sp³-hybridized carbons (Fsp3) is 0.722. The molecule has 0 bridgehead atoms. The van der Waals surface area contributed by atoms with Crippen molar-refractivity contribution in [2.45, 2.75) is 26.0 Å². The molecule has 4 heterocycles. The van der Waals surface area contributed by atoms with Gasteiger partial charge in [-0.25, -0.2) is 0 Å². The van der Waals surface area contributed by atoms with Crippen LogP contribution in [0.3, 0.4) is 0 Å². The van der Waals surface area contributed by atoms with E-state index in [1.807, 2.05) is 24.0 Å². The normalized spacial score (nSPS) is 31.2. The SMILES string of the molecule is Cc1ccc(CN2C[C@@H]3OCC[C@@H]3[C@H](C(=O)N3CCOCC3)C2)o1. The first kappa shape index (κ1) is 16.1. The Hall–Kier alpha value is -1.37. The van der Waals surface area contributed by atoms with Gasteiger partial charge in [-0.2, -0.15) is 0 Å². The molecule has 0 saturated carbocycles. The summed E-state index contributed by atoms with van der Waals surface area (Å²) in [4.78, 5) is 17.4. The van der Waals surface area contributed by atoms with Crippen molar-refractivity contribution in [1.29, 1.82) is 0 Å². The third-order valence-electron chi connectivity index (χ3n) is 5.49. The number of likely N-dealkylation sites (tertiary alicyclic amines) is 1. The molecule has 0 N–H and O–H groups in total. The van der Waals surface area contributed by atoms with Crippen LogP contribution in [0.1, 0.15) is 17.9 Å². The third kappa shape index (κ3) is 3.23. The minimum atomic E-state index is 0.0282. The number of furan rings is 1. The number of ether oxygens (including phenoxy) is 2. The fourth-order valence-corrected chi connectivity index (χ4v) is 4.26. The Morgan fingerprint density at radius 1 is 1.21 bits per heavy atom. The van der Waals surface area contributed by atoms with E-state index in [4.69, 9.17) is 13.9 Å². The molecule has 3 aliphatic rings. The van der Waals surface area contributed by atoms with Gasteiger partial charge in [0.1, 0.15) is 11.5 Å². The Morgan fingerprint density at radius 2 is 2.04 bits per heavy atom. The van der Waals surface area contributed by atoms with Gasteiger partial charge in [0.05, 0.1) is 31.8 Å². The zero-order valence-corrected chi connectivity index (χ0v) is 14.3. The van der Waals surface area contributed by atoms with Crippen LogP contribution in [-0.2, 0) is 20.8 Å². The summed E-state index contributed by atoms with van der Waals surface area (Å²) in [5.74, 6) is 2.55.